The molecule has 1 atom stereocenters. The van der Waals surface area contributed by atoms with Crippen LogP contribution in [0.25, 0.3) is 6.08 Å². The lowest BCUT2D eigenvalue weighted by molar-refractivity contribution is -0.165. The second-order valence-electron chi connectivity index (χ2n) is 12.5. The minimum atomic E-state index is -0.492. The maximum atomic E-state index is 13.1. The highest BCUT2D eigenvalue weighted by atomic mass is 16.5. The van der Waals surface area contributed by atoms with Crippen LogP contribution >= 0.6 is 0 Å². The van der Waals surface area contributed by atoms with E-state index in [1.807, 2.05) is 24.3 Å². The third-order valence-corrected chi connectivity index (χ3v) is 7.94. The Morgan fingerprint density at radius 1 is 0.763 bits per heavy atom. The SMILES string of the molecule is CCC(C)(C)CC(C)(C(=O)OCCCCCCCCCCOC(=O)/C=C/c1ccc(OC)cc1)C(C)(C)C. The lowest BCUT2D eigenvalue weighted by Gasteiger charge is -2.44. The fourth-order valence-electron chi connectivity index (χ4n) is 4.41. The minimum absolute atomic E-state index is 0.0524. The van der Waals surface area contributed by atoms with Crippen molar-refractivity contribution in [3.63, 3.8) is 0 Å². The maximum Gasteiger partial charge on any atom is 0.330 e. The van der Waals surface area contributed by atoms with Gasteiger partial charge in [0.25, 0.3) is 0 Å². The molecule has 0 heterocycles. The quantitative estimate of drug-likeness (QED) is 0.108. The van der Waals surface area contributed by atoms with Gasteiger partial charge in [-0.05, 0) is 60.8 Å². The molecule has 0 aromatic heterocycles. The summed E-state index contributed by atoms with van der Waals surface area (Å²) in [6, 6.07) is 7.51. The second-order valence-corrected chi connectivity index (χ2v) is 12.5. The number of unbranched alkanes of at least 4 members (excludes halogenated alkanes) is 7. The summed E-state index contributed by atoms with van der Waals surface area (Å²) < 4.78 is 16.2. The molecule has 5 nitrogen and oxygen atoms in total. The first-order chi connectivity index (χ1) is 17.8. The van der Waals surface area contributed by atoms with Crippen LogP contribution in [0.1, 0.15) is 118 Å². The fraction of sp³-hybridized carbons (Fsp3) is 0.697. The Kier molecular flexibility index (Phi) is 14.7. The van der Waals surface area contributed by atoms with Gasteiger partial charge in [0.1, 0.15) is 5.75 Å². The Morgan fingerprint density at radius 2 is 1.26 bits per heavy atom. The zero-order valence-corrected chi connectivity index (χ0v) is 25.5. The molecule has 0 spiro atoms. The van der Waals surface area contributed by atoms with E-state index in [2.05, 4.69) is 48.5 Å². The molecule has 1 aromatic carbocycles. The highest BCUT2D eigenvalue weighted by Crippen LogP contribution is 2.48. The van der Waals surface area contributed by atoms with Crippen LogP contribution in [-0.2, 0) is 19.1 Å². The van der Waals surface area contributed by atoms with Crippen molar-refractivity contribution in [3.05, 3.63) is 35.9 Å². The van der Waals surface area contributed by atoms with Crippen LogP contribution in [0.3, 0.4) is 0 Å². The van der Waals surface area contributed by atoms with Crippen LogP contribution in [0.15, 0.2) is 30.3 Å². The van der Waals surface area contributed by atoms with Crippen molar-refractivity contribution in [1.29, 1.82) is 0 Å². The van der Waals surface area contributed by atoms with Gasteiger partial charge in [-0.3, -0.25) is 4.79 Å². The molecule has 0 fully saturated rings. The molecule has 0 aliphatic carbocycles. The molecule has 216 valence electrons. The van der Waals surface area contributed by atoms with Crippen molar-refractivity contribution in [1.82, 2.24) is 0 Å². The van der Waals surface area contributed by atoms with Crippen molar-refractivity contribution in [2.45, 2.75) is 113 Å². The summed E-state index contributed by atoms with van der Waals surface area (Å²) >= 11 is 0. The Balaban J connectivity index is 2.11. The predicted octanol–water partition coefficient (Wildman–Crippen LogP) is 8.79. The van der Waals surface area contributed by atoms with Crippen LogP contribution in [0.5, 0.6) is 5.75 Å². The van der Waals surface area contributed by atoms with Crippen molar-refractivity contribution < 1.29 is 23.8 Å². The van der Waals surface area contributed by atoms with Crippen LogP contribution in [-0.4, -0.2) is 32.3 Å². The molecule has 0 saturated carbocycles. The van der Waals surface area contributed by atoms with E-state index in [1.54, 1.807) is 13.2 Å². The molecule has 5 heteroatoms. The van der Waals surface area contributed by atoms with E-state index in [0.717, 1.165) is 62.7 Å². The number of ether oxygens (including phenoxy) is 3. The number of benzene rings is 1. The molecular weight excluding hydrogens is 476 g/mol. The molecule has 0 aliphatic rings. The molecule has 0 amide bonds. The fourth-order valence-corrected chi connectivity index (χ4v) is 4.41. The minimum Gasteiger partial charge on any atom is -0.497 e. The molecule has 38 heavy (non-hydrogen) atoms. The first kappa shape index (κ1) is 33.7. The average molecular weight is 531 g/mol. The summed E-state index contributed by atoms with van der Waals surface area (Å²) in [7, 11) is 1.63. The summed E-state index contributed by atoms with van der Waals surface area (Å²) in [4.78, 5) is 24.9. The van der Waals surface area contributed by atoms with Crippen molar-refractivity contribution >= 4 is 18.0 Å². The first-order valence-corrected chi connectivity index (χ1v) is 14.5. The van der Waals surface area contributed by atoms with Gasteiger partial charge in [-0.1, -0.05) is 98.6 Å². The Morgan fingerprint density at radius 3 is 1.74 bits per heavy atom. The number of carbonyl (C=O) groups is 2. The highest BCUT2D eigenvalue weighted by Gasteiger charge is 2.48. The van der Waals surface area contributed by atoms with Gasteiger partial charge in [-0.15, -0.1) is 0 Å². The Hall–Kier alpha value is -2.30. The zero-order valence-electron chi connectivity index (χ0n) is 25.5. The second kappa shape index (κ2) is 16.6. The van der Waals surface area contributed by atoms with Gasteiger partial charge in [0, 0.05) is 6.08 Å². The third kappa shape index (κ3) is 12.5. The largest absolute Gasteiger partial charge is 0.497 e. The zero-order chi connectivity index (χ0) is 28.7. The lowest BCUT2D eigenvalue weighted by Crippen LogP contribution is -2.44. The predicted molar refractivity (Wildman–Crippen MR) is 157 cm³/mol. The Bertz CT molecular complexity index is 847. The molecule has 0 bridgehead atoms. The Labute approximate surface area is 232 Å². The summed E-state index contributed by atoms with van der Waals surface area (Å²) in [5.41, 5.74) is 0.397. The summed E-state index contributed by atoms with van der Waals surface area (Å²) in [5.74, 6) is 0.429. The van der Waals surface area contributed by atoms with E-state index in [4.69, 9.17) is 14.2 Å². The van der Waals surface area contributed by atoms with E-state index >= 15 is 0 Å². The summed E-state index contributed by atoms with van der Waals surface area (Å²) in [6.45, 7) is 16.1. The molecule has 1 unspecified atom stereocenters. The van der Waals surface area contributed by atoms with Gasteiger partial charge in [0.2, 0.25) is 0 Å². The van der Waals surface area contributed by atoms with Gasteiger partial charge in [-0.2, -0.15) is 0 Å². The van der Waals surface area contributed by atoms with E-state index in [9.17, 15) is 9.59 Å². The van der Waals surface area contributed by atoms with Crippen LogP contribution < -0.4 is 4.74 Å². The number of methoxy groups -OCH3 is 1. The third-order valence-electron chi connectivity index (χ3n) is 7.94. The molecule has 0 saturated heterocycles. The van der Waals surface area contributed by atoms with E-state index in [1.165, 1.54) is 18.9 Å². The monoisotopic (exact) mass is 530 g/mol. The standard InChI is InChI=1S/C33H54O5/c1-9-32(5,6)26-33(7,31(2,3)4)30(35)38-25-17-15-13-11-10-12-14-16-24-37-29(34)23-20-27-18-21-28(36-8)22-19-27/h18-23H,9-17,24-26H2,1-8H3/b23-20+. The summed E-state index contributed by atoms with van der Waals surface area (Å²) in [5, 5.41) is 0. The normalized spacial score (nSPS) is 13.8. The number of esters is 2. The lowest BCUT2D eigenvalue weighted by atomic mass is 9.60. The smallest absolute Gasteiger partial charge is 0.330 e. The molecule has 0 aliphatic heterocycles. The van der Waals surface area contributed by atoms with Gasteiger partial charge in [0.15, 0.2) is 0 Å². The van der Waals surface area contributed by atoms with Gasteiger partial charge < -0.3 is 14.2 Å². The van der Waals surface area contributed by atoms with Crippen LogP contribution in [0.4, 0.5) is 0 Å². The highest BCUT2D eigenvalue weighted by molar-refractivity contribution is 5.87. The van der Waals surface area contributed by atoms with Crippen molar-refractivity contribution in [2.75, 3.05) is 20.3 Å². The number of rotatable bonds is 18. The topological polar surface area (TPSA) is 61.8 Å². The van der Waals surface area contributed by atoms with Crippen LogP contribution in [0.2, 0.25) is 0 Å². The van der Waals surface area contributed by atoms with Crippen molar-refractivity contribution in [2.24, 2.45) is 16.2 Å². The molecule has 0 radical (unpaired) electrons. The number of hydrogen-bond acceptors (Lipinski definition) is 5. The average Bonchev–Trinajstić information content (AvgIpc) is 2.87. The van der Waals surface area contributed by atoms with E-state index in [-0.39, 0.29) is 22.8 Å². The van der Waals surface area contributed by atoms with E-state index in [0.29, 0.717) is 13.2 Å². The van der Waals surface area contributed by atoms with Crippen molar-refractivity contribution in [3.8, 4) is 5.75 Å². The molecular formula is C33H54O5. The van der Waals surface area contributed by atoms with Crippen LogP contribution in [0, 0.1) is 16.2 Å². The van der Waals surface area contributed by atoms with E-state index < -0.39 is 5.41 Å². The maximum absolute atomic E-state index is 13.1. The number of carbonyl (C=O) groups excluding carboxylic acids is 2. The van der Waals surface area contributed by atoms with Gasteiger partial charge in [-0.25, -0.2) is 4.79 Å². The molecule has 0 N–H and O–H groups in total. The first-order valence-electron chi connectivity index (χ1n) is 14.5. The summed E-state index contributed by atoms with van der Waals surface area (Å²) in [6.07, 6.45) is 13.7. The molecule has 1 aromatic rings. The van der Waals surface area contributed by atoms with Gasteiger partial charge >= 0.3 is 11.9 Å². The molecule has 1 rings (SSSR count). The van der Waals surface area contributed by atoms with Gasteiger partial charge in [0.05, 0.1) is 25.7 Å². The number of hydrogen-bond donors (Lipinski definition) is 0.